The fraction of sp³-hybridized carbons (Fsp3) is 0. The Morgan fingerprint density at radius 3 is 2.05 bits per heavy atom. The van der Waals surface area contributed by atoms with Crippen molar-refractivity contribution in [2.75, 3.05) is 0 Å². The molecule has 2 nitrogen and oxygen atoms in total. The van der Waals surface area contributed by atoms with E-state index in [9.17, 15) is 0 Å². The van der Waals surface area contributed by atoms with Gasteiger partial charge in [-0.15, -0.1) is 11.3 Å². The van der Waals surface area contributed by atoms with Gasteiger partial charge in [0, 0.05) is 47.5 Å². The Hall–Kier alpha value is -4.60. The molecule has 0 atom stereocenters. The lowest BCUT2D eigenvalue weighted by atomic mass is 9.97. The molecular formula is C34H20N2S. The van der Waals surface area contributed by atoms with Gasteiger partial charge in [-0.2, -0.15) is 0 Å². The Kier molecular flexibility index (Phi) is 4.42. The number of pyridine rings is 2. The lowest BCUT2D eigenvalue weighted by Crippen LogP contribution is -1.91. The lowest BCUT2D eigenvalue weighted by Gasteiger charge is -2.12. The van der Waals surface area contributed by atoms with Crippen LogP contribution in [0.3, 0.4) is 0 Å². The number of para-hydroxylation sites is 2. The number of thiophene rings is 1. The van der Waals surface area contributed by atoms with Crippen LogP contribution in [0.4, 0.5) is 0 Å². The third-order valence-corrected chi connectivity index (χ3v) is 8.47. The van der Waals surface area contributed by atoms with Crippen LogP contribution in [0.15, 0.2) is 121 Å². The summed E-state index contributed by atoms with van der Waals surface area (Å²) in [5.41, 5.74) is 6.26. The van der Waals surface area contributed by atoms with Crippen molar-refractivity contribution in [2.24, 2.45) is 0 Å². The number of fused-ring (bicyclic) bond motifs is 8. The first kappa shape index (κ1) is 20.6. The Labute approximate surface area is 217 Å². The third-order valence-electron chi connectivity index (χ3n) is 7.26. The normalized spacial score (nSPS) is 11.8. The highest BCUT2D eigenvalue weighted by Gasteiger charge is 2.16. The van der Waals surface area contributed by atoms with Gasteiger partial charge in [0.25, 0.3) is 0 Å². The van der Waals surface area contributed by atoms with Crippen LogP contribution in [0.5, 0.6) is 0 Å². The van der Waals surface area contributed by atoms with Crippen molar-refractivity contribution in [1.82, 2.24) is 9.97 Å². The number of benzene rings is 5. The average Bonchev–Trinajstić information content (AvgIpc) is 3.35. The smallest absolute Gasteiger partial charge is 0.0802 e. The van der Waals surface area contributed by atoms with Crippen molar-refractivity contribution in [3.05, 3.63) is 121 Å². The van der Waals surface area contributed by atoms with Crippen LogP contribution < -0.4 is 0 Å². The summed E-state index contributed by atoms with van der Waals surface area (Å²) >= 11 is 1.86. The Morgan fingerprint density at radius 2 is 1.16 bits per heavy atom. The van der Waals surface area contributed by atoms with E-state index >= 15 is 0 Å². The molecule has 0 aliphatic rings. The summed E-state index contributed by atoms with van der Waals surface area (Å²) in [5.74, 6) is 0. The highest BCUT2D eigenvalue weighted by molar-refractivity contribution is 7.26. The predicted molar refractivity (Wildman–Crippen MR) is 158 cm³/mol. The van der Waals surface area contributed by atoms with Crippen LogP contribution in [0, 0.1) is 0 Å². The molecule has 5 aromatic carbocycles. The number of rotatable bonds is 2. The second-order valence-electron chi connectivity index (χ2n) is 9.41. The summed E-state index contributed by atoms with van der Waals surface area (Å²) in [6.45, 7) is 0. The largest absolute Gasteiger partial charge is 0.248 e. The zero-order valence-corrected chi connectivity index (χ0v) is 20.7. The van der Waals surface area contributed by atoms with Gasteiger partial charge in [0.05, 0.1) is 22.4 Å². The van der Waals surface area contributed by atoms with Gasteiger partial charge in [0.15, 0.2) is 0 Å². The monoisotopic (exact) mass is 488 g/mol. The van der Waals surface area contributed by atoms with E-state index < -0.39 is 0 Å². The van der Waals surface area contributed by atoms with Gasteiger partial charge >= 0.3 is 0 Å². The third kappa shape index (κ3) is 3.18. The molecule has 3 heteroatoms. The van der Waals surface area contributed by atoms with E-state index in [0.29, 0.717) is 0 Å². The number of hydrogen-bond acceptors (Lipinski definition) is 3. The molecule has 0 unspecified atom stereocenters. The van der Waals surface area contributed by atoms with Crippen LogP contribution in [0.25, 0.3) is 75.3 Å². The number of nitrogens with zero attached hydrogens (tertiary/aromatic N) is 2. The molecule has 0 saturated carbocycles. The molecule has 0 spiro atoms. The Morgan fingerprint density at radius 1 is 0.459 bits per heavy atom. The van der Waals surface area contributed by atoms with Gasteiger partial charge in [0.1, 0.15) is 0 Å². The van der Waals surface area contributed by atoms with Crippen LogP contribution in [0.1, 0.15) is 0 Å². The van der Waals surface area contributed by atoms with E-state index in [1.807, 2.05) is 23.5 Å². The molecule has 0 aliphatic carbocycles. The van der Waals surface area contributed by atoms with Gasteiger partial charge in [-0.3, -0.25) is 0 Å². The van der Waals surface area contributed by atoms with Gasteiger partial charge in [-0.05, 0) is 29.7 Å². The van der Waals surface area contributed by atoms with Crippen molar-refractivity contribution >= 4 is 64.1 Å². The van der Waals surface area contributed by atoms with E-state index in [1.165, 1.54) is 36.3 Å². The molecule has 0 N–H and O–H groups in total. The maximum atomic E-state index is 5.23. The summed E-state index contributed by atoms with van der Waals surface area (Å²) in [5, 5.41) is 7.43. The molecule has 0 fully saturated rings. The first-order valence-corrected chi connectivity index (χ1v) is 13.2. The zero-order chi connectivity index (χ0) is 24.3. The van der Waals surface area contributed by atoms with E-state index in [4.69, 9.17) is 9.97 Å². The molecule has 0 amide bonds. The van der Waals surface area contributed by atoms with Crippen LogP contribution >= 0.6 is 11.3 Å². The summed E-state index contributed by atoms with van der Waals surface area (Å²) in [6.07, 6.45) is 0. The minimum Gasteiger partial charge on any atom is -0.248 e. The molecule has 172 valence electrons. The quantitative estimate of drug-likeness (QED) is 0.226. The SMILES string of the molecule is c1ccc2nc(-c3ccc(-c4nc5ccccc5c5ccc6c7ccccc7sc6c45)cc3)ccc2c1. The van der Waals surface area contributed by atoms with Gasteiger partial charge in [0.2, 0.25) is 0 Å². The average molecular weight is 489 g/mol. The lowest BCUT2D eigenvalue weighted by molar-refractivity contribution is 1.39. The minimum atomic E-state index is 0.980. The van der Waals surface area contributed by atoms with Crippen molar-refractivity contribution in [3.63, 3.8) is 0 Å². The minimum absolute atomic E-state index is 0.980. The fourth-order valence-electron chi connectivity index (χ4n) is 5.46. The maximum absolute atomic E-state index is 5.23. The van der Waals surface area contributed by atoms with E-state index in [-0.39, 0.29) is 0 Å². The van der Waals surface area contributed by atoms with Crippen molar-refractivity contribution < 1.29 is 0 Å². The molecule has 0 bridgehead atoms. The van der Waals surface area contributed by atoms with Gasteiger partial charge in [-0.25, -0.2) is 9.97 Å². The standard InChI is InChI=1S/C34H20N2S/c1-4-10-28-21(7-1)17-20-29(35-28)22-13-15-23(16-14-22)33-32-26(24-8-2-5-11-30(24)36-33)18-19-27-25-9-3-6-12-31(25)37-34(27)32/h1-20H. The maximum Gasteiger partial charge on any atom is 0.0802 e. The molecular weight excluding hydrogens is 468 g/mol. The molecule has 0 radical (unpaired) electrons. The highest BCUT2D eigenvalue weighted by atomic mass is 32.1. The van der Waals surface area contributed by atoms with Crippen molar-refractivity contribution in [1.29, 1.82) is 0 Å². The Bertz CT molecular complexity index is 2140. The first-order valence-electron chi connectivity index (χ1n) is 12.4. The number of hydrogen-bond donors (Lipinski definition) is 0. The second kappa shape index (κ2) is 7.95. The van der Waals surface area contributed by atoms with Crippen LogP contribution in [0.2, 0.25) is 0 Å². The van der Waals surface area contributed by atoms with E-state index in [1.54, 1.807) is 0 Å². The summed E-state index contributed by atoms with van der Waals surface area (Å²) in [4.78, 5) is 10.1. The van der Waals surface area contributed by atoms with E-state index in [0.717, 1.165) is 38.9 Å². The molecule has 3 aromatic heterocycles. The topological polar surface area (TPSA) is 25.8 Å². The zero-order valence-electron chi connectivity index (χ0n) is 19.8. The molecule has 0 saturated heterocycles. The summed E-state index contributed by atoms with van der Waals surface area (Å²) in [6, 6.07) is 42.9. The summed E-state index contributed by atoms with van der Waals surface area (Å²) in [7, 11) is 0. The molecule has 8 aromatic rings. The molecule has 8 rings (SSSR count). The predicted octanol–water partition coefficient (Wildman–Crippen LogP) is 9.64. The molecule has 3 heterocycles. The first-order chi connectivity index (χ1) is 18.3. The number of aromatic nitrogens is 2. The second-order valence-corrected chi connectivity index (χ2v) is 10.5. The highest BCUT2D eigenvalue weighted by Crippen LogP contribution is 2.43. The van der Waals surface area contributed by atoms with Crippen LogP contribution in [-0.4, -0.2) is 9.97 Å². The van der Waals surface area contributed by atoms with Crippen molar-refractivity contribution in [3.8, 4) is 22.5 Å². The fourth-order valence-corrected chi connectivity index (χ4v) is 6.71. The van der Waals surface area contributed by atoms with Gasteiger partial charge in [-0.1, -0.05) is 97.1 Å². The Balaban J connectivity index is 1.38. The summed E-state index contributed by atoms with van der Waals surface area (Å²) < 4.78 is 2.61. The van der Waals surface area contributed by atoms with Crippen LogP contribution in [-0.2, 0) is 0 Å². The molecule has 0 aliphatic heterocycles. The van der Waals surface area contributed by atoms with Gasteiger partial charge < -0.3 is 0 Å². The van der Waals surface area contributed by atoms with Crippen molar-refractivity contribution in [2.45, 2.75) is 0 Å². The molecule has 37 heavy (non-hydrogen) atoms. The van der Waals surface area contributed by atoms with E-state index in [2.05, 4.69) is 109 Å².